The van der Waals surface area contributed by atoms with Crippen LogP contribution in [0.5, 0.6) is 0 Å². The largest absolute Gasteiger partial charge is 0.339 e. The second-order valence-corrected chi connectivity index (χ2v) is 8.65. The Hall–Kier alpha value is -3.40. The Balaban J connectivity index is 1.29. The SMILES string of the molecule is Cc1cc(Nc2nc(N3CCN(C(=O)Cc4ccccc4Br)CC3)nn3cccc23)n[nH]1. The molecule has 5 rings (SSSR count). The molecule has 4 aromatic rings. The minimum absolute atomic E-state index is 0.134. The van der Waals surface area contributed by atoms with Crippen molar-refractivity contribution in [2.75, 3.05) is 36.4 Å². The molecule has 1 aromatic carbocycles. The highest BCUT2D eigenvalue weighted by Gasteiger charge is 2.24. The van der Waals surface area contributed by atoms with Crippen LogP contribution in [-0.4, -0.2) is 61.8 Å². The maximum Gasteiger partial charge on any atom is 0.245 e. The van der Waals surface area contributed by atoms with Gasteiger partial charge in [0.25, 0.3) is 0 Å². The third-order valence-corrected chi connectivity index (χ3v) is 6.32. The van der Waals surface area contributed by atoms with Gasteiger partial charge in [0.15, 0.2) is 11.6 Å². The number of nitrogens with one attached hydrogen (secondary N) is 2. The quantitative estimate of drug-likeness (QED) is 0.442. The van der Waals surface area contributed by atoms with Gasteiger partial charge in [-0.25, -0.2) is 4.52 Å². The van der Waals surface area contributed by atoms with Gasteiger partial charge in [0.1, 0.15) is 5.52 Å². The minimum atomic E-state index is 0.134. The van der Waals surface area contributed by atoms with Crippen LogP contribution in [0.2, 0.25) is 0 Å². The van der Waals surface area contributed by atoms with Gasteiger partial charge in [0.05, 0.1) is 6.42 Å². The average molecular weight is 495 g/mol. The topological polar surface area (TPSA) is 94.5 Å². The molecule has 0 bridgehead atoms. The van der Waals surface area contributed by atoms with Gasteiger partial charge in [-0.1, -0.05) is 34.1 Å². The van der Waals surface area contributed by atoms with Gasteiger partial charge in [-0.15, -0.1) is 5.10 Å². The molecular weight excluding hydrogens is 472 g/mol. The zero-order chi connectivity index (χ0) is 22.1. The maximum absolute atomic E-state index is 12.8. The Morgan fingerprint density at radius 3 is 2.72 bits per heavy atom. The summed E-state index contributed by atoms with van der Waals surface area (Å²) in [4.78, 5) is 21.6. The van der Waals surface area contributed by atoms with Crippen molar-refractivity contribution in [1.82, 2.24) is 29.7 Å². The number of benzene rings is 1. The van der Waals surface area contributed by atoms with Crippen LogP contribution < -0.4 is 10.2 Å². The number of aryl methyl sites for hydroxylation is 1. The van der Waals surface area contributed by atoms with Gasteiger partial charge in [-0.3, -0.25) is 9.89 Å². The van der Waals surface area contributed by atoms with Gasteiger partial charge in [0.2, 0.25) is 11.9 Å². The van der Waals surface area contributed by atoms with Crippen LogP contribution in [0.15, 0.2) is 53.1 Å². The van der Waals surface area contributed by atoms with Gasteiger partial charge in [0, 0.05) is 48.6 Å². The summed E-state index contributed by atoms with van der Waals surface area (Å²) in [5.74, 6) is 2.16. The van der Waals surface area contributed by atoms with Crippen LogP contribution in [0.4, 0.5) is 17.6 Å². The van der Waals surface area contributed by atoms with E-state index in [-0.39, 0.29) is 5.91 Å². The second kappa shape index (κ2) is 8.62. The number of hydrogen-bond acceptors (Lipinski definition) is 6. The summed E-state index contributed by atoms with van der Waals surface area (Å²) < 4.78 is 2.78. The number of anilines is 3. The Labute approximate surface area is 193 Å². The van der Waals surface area contributed by atoms with Crippen molar-refractivity contribution in [3.8, 4) is 0 Å². The summed E-state index contributed by atoms with van der Waals surface area (Å²) in [6.07, 6.45) is 2.30. The van der Waals surface area contributed by atoms with Gasteiger partial charge in [-0.05, 0) is 30.7 Å². The average Bonchev–Trinajstić information content (AvgIpc) is 3.44. The van der Waals surface area contributed by atoms with E-state index in [0.29, 0.717) is 50.2 Å². The molecule has 164 valence electrons. The summed E-state index contributed by atoms with van der Waals surface area (Å²) in [6, 6.07) is 13.7. The van der Waals surface area contributed by atoms with E-state index in [1.807, 2.05) is 65.0 Å². The molecule has 0 aliphatic carbocycles. The van der Waals surface area contributed by atoms with Gasteiger partial charge >= 0.3 is 0 Å². The van der Waals surface area contributed by atoms with Crippen LogP contribution >= 0.6 is 15.9 Å². The lowest BCUT2D eigenvalue weighted by molar-refractivity contribution is -0.130. The summed E-state index contributed by atoms with van der Waals surface area (Å²) >= 11 is 3.53. The van der Waals surface area contributed by atoms with Gasteiger partial charge in [-0.2, -0.15) is 10.1 Å². The fraction of sp³-hybridized carbons (Fsp3) is 0.273. The van der Waals surface area contributed by atoms with Crippen molar-refractivity contribution in [2.24, 2.45) is 0 Å². The van der Waals surface area contributed by atoms with E-state index in [9.17, 15) is 4.79 Å². The zero-order valence-corrected chi connectivity index (χ0v) is 19.2. The normalized spacial score (nSPS) is 14.2. The Bertz CT molecular complexity index is 1260. The number of halogens is 1. The van der Waals surface area contributed by atoms with Crippen molar-refractivity contribution < 1.29 is 4.79 Å². The van der Waals surface area contributed by atoms with Crippen LogP contribution in [-0.2, 0) is 11.2 Å². The molecule has 10 heteroatoms. The molecule has 2 N–H and O–H groups in total. The van der Waals surface area contributed by atoms with Crippen LogP contribution in [0.25, 0.3) is 5.52 Å². The van der Waals surface area contributed by atoms with E-state index in [1.54, 1.807) is 0 Å². The Morgan fingerprint density at radius 1 is 1.16 bits per heavy atom. The van der Waals surface area contributed by atoms with E-state index in [1.165, 1.54) is 0 Å². The van der Waals surface area contributed by atoms with E-state index < -0.39 is 0 Å². The molecule has 4 heterocycles. The molecule has 0 saturated carbocycles. The second-order valence-electron chi connectivity index (χ2n) is 7.80. The number of hydrogen-bond donors (Lipinski definition) is 2. The highest BCUT2D eigenvalue weighted by Crippen LogP contribution is 2.23. The predicted molar refractivity (Wildman–Crippen MR) is 126 cm³/mol. The highest BCUT2D eigenvalue weighted by atomic mass is 79.9. The summed E-state index contributed by atoms with van der Waals surface area (Å²) in [6.45, 7) is 4.58. The van der Waals surface area contributed by atoms with E-state index >= 15 is 0 Å². The zero-order valence-electron chi connectivity index (χ0n) is 17.6. The van der Waals surface area contributed by atoms with Crippen molar-refractivity contribution in [1.29, 1.82) is 0 Å². The van der Waals surface area contributed by atoms with E-state index in [0.717, 1.165) is 21.2 Å². The highest BCUT2D eigenvalue weighted by molar-refractivity contribution is 9.10. The smallest absolute Gasteiger partial charge is 0.245 e. The number of piperazine rings is 1. The Kier molecular flexibility index (Phi) is 5.52. The summed E-state index contributed by atoms with van der Waals surface area (Å²) in [5, 5.41) is 15.1. The molecule has 1 saturated heterocycles. The molecule has 32 heavy (non-hydrogen) atoms. The van der Waals surface area contributed by atoms with Gasteiger partial charge < -0.3 is 15.1 Å². The fourth-order valence-corrected chi connectivity index (χ4v) is 4.25. The van der Waals surface area contributed by atoms with E-state index in [2.05, 4.69) is 41.4 Å². The molecule has 1 aliphatic heterocycles. The lowest BCUT2D eigenvalue weighted by Gasteiger charge is -2.35. The number of aromatic amines is 1. The Morgan fingerprint density at radius 2 is 1.97 bits per heavy atom. The van der Waals surface area contributed by atoms with Crippen LogP contribution in [0.1, 0.15) is 11.3 Å². The molecule has 0 atom stereocenters. The molecule has 0 spiro atoms. The third kappa shape index (κ3) is 4.18. The first-order valence-corrected chi connectivity index (χ1v) is 11.3. The monoisotopic (exact) mass is 494 g/mol. The number of fused-ring (bicyclic) bond motifs is 1. The number of carbonyl (C=O) groups excluding carboxylic acids is 1. The lowest BCUT2D eigenvalue weighted by Crippen LogP contribution is -2.49. The summed E-state index contributed by atoms with van der Waals surface area (Å²) in [5.41, 5.74) is 2.85. The fourth-order valence-electron chi connectivity index (χ4n) is 3.82. The molecule has 1 amide bonds. The van der Waals surface area contributed by atoms with Crippen LogP contribution in [0, 0.1) is 6.92 Å². The van der Waals surface area contributed by atoms with Crippen molar-refractivity contribution >= 4 is 44.9 Å². The molecule has 0 unspecified atom stereocenters. The molecule has 1 fully saturated rings. The first kappa shape index (κ1) is 20.5. The number of amides is 1. The van der Waals surface area contributed by atoms with Crippen molar-refractivity contribution in [3.05, 3.63) is 64.4 Å². The predicted octanol–water partition coefficient (Wildman–Crippen LogP) is 3.16. The maximum atomic E-state index is 12.8. The molecule has 9 nitrogen and oxygen atoms in total. The number of aromatic nitrogens is 5. The summed E-state index contributed by atoms with van der Waals surface area (Å²) in [7, 11) is 0. The number of nitrogens with zero attached hydrogens (tertiary/aromatic N) is 6. The molecular formula is C22H23BrN8O. The minimum Gasteiger partial charge on any atom is -0.339 e. The molecule has 0 radical (unpaired) electrons. The number of H-pyrrole nitrogens is 1. The van der Waals surface area contributed by atoms with Crippen LogP contribution in [0.3, 0.4) is 0 Å². The molecule has 1 aliphatic rings. The van der Waals surface area contributed by atoms with E-state index in [4.69, 9.17) is 4.98 Å². The number of rotatable bonds is 5. The lowest BCUT2D eigenvalue weighted by atomic mass is 10.1. The molecule has 3 aromatic heterocycles. The first-order chi connectivity index (χ1) is 15.6. The third-order valence-electron chi connectivity index (χ3n) is 5.55. The van der Waals surface area contributed by atoms with Crippen molar-refractivity contribution in [3.63, 3.8) is 0 Å². The standard InChI is InChI=1S/C22H23BrN8O/c1-15-13-19(27-26-15)24-21-18-7-4-8-31(18)28-22(25-21)30-11-9-29(10-12-30)20(32)14-16-5-2-3-6-17(16)23/h2-8,13H,9-12,14H2,1H3,(H2,24,25,26,27,28). The number of carbonyl (C=O) groups is 1. The first-order valence-electron chi connectivity index (χ1n) is 10.5. The van der Waals surface area contributed by atoms with Crippen molar-refractivity contribution in [2.45, 2.75) is 13.3 Å².